The molecule has 0 radical (unpaired) electrons. The van der Waals surface area contributed by atoms with E-state index in [0.717, 1.165) is 31.6 Å². The van der Waals surface area contributed by atoms with Crippen LogP contribution in [-0.4, -0.2) is 44.3 Å². The zero-order valence-electron chi connectivity index (χ0n) is 20.6. The molecule has 4 N–H and O–H groups in total. The Morgan fingerprint density at radius 2 is 1.55 bits per heavy atom. The zero-order chi connectivity index (χ0) is 22.8. The molecule has 4 heteroatoms. The molecule has 1 unspecified atom stereocenters. The van der Waals surface area contributed by atoms with Crippen molar-refractivity contribution in [1.82, 2.24) is 0 Å². The lowest BCUT2D eigenvalue weighted by Crippen LogP contribution is -2.62. The molecular weight excluding hydrogens is 388 g/mol. The van der Waals surface area contributed by atoms with Crippen molar-refractivity contribution in [3.63, 3.8) is 0 Å². The van der Waals surface area contributed by atoms with Gasteiger partial charge in [-0.2, -0.15) is 0 Å². The quantitative estimate of drug-likeness (QED) is 0.511. The highest BCUT2D eigenvalue weighted by Gasteiger charge is 2.63. The summed E-state index contributed by atoms with van der Waals surface area (Å²) >= 11 is 0. The summed E-state index contributed by atoms with van der Waals surface area (Å²) in [5, 5.41) is 42.3. The van der Waals surface area contributed by atoms with Crippen LogP contribution in [0.25, 0.3) is 0 Å². The molecule has 11 atom stereocenters. The van der Waals surface area contributed by atoms with E-state index in [2.05, 4.69) is 20.8 Å². The lowest BCUT2D eigenvalue weighted by Gasteiger charge is -2.63. The van der Waals surface area contributed by atoms with Crippen molar-refractivity contribution in [3.05, 3.63) is 0 Å². The van der Waals surface area contributed by atoms with Gasteiger partial charge in [-0.15, -0.1) is 0 Å². The predicted molar refractivity (Wildman–Crippen MR) is 123 cm³/mol. The molecule has 4 fully saturated rings. The number of hydrogen-bond acceptors (Lipinski definition) is 4. The topological polar surface area (TPSA) is 80.9 Å². The van der Waals surface area contributed by atoms with E-state index < -0.39 is 23.9 Å². The molecule has 4 rings (SSSR count). The summed E-state index contributed by atoms with van der Waals surface area (Å²) in [4.78, 5) is 0. The molecule has 0 bridgehead atoms. The molecule has 0 aromatic carbocycles. The second-order valence-corrected chi connectivity index (χ2v) is 13.2. The van der Waals surface area contributed by atoms with Gasteiger partial charge in [0, 0.05) is 5.92 Å². The Labute approximate surface area is 189 Å². The summed E-state index contributed by atoms with van der Waals surface area (Å²) in [7, 11) is 0. The van der Waals surface area contributed by atoms with Gasteiger partial charge < -0.3 is 20.4 Å². The van der Waals surface area contributed by atoms with Crippen molar-refractivity contribution < 1.29 is 20.4 Å². The molecule has 0 heterocycles. The van der Waals surface area contributed by atoms with Gasteiger partial charge in [-0.3, -0.25) is 0 Å². The van der Waals surface area contributed by atoms with Crippen molar-refractivity contribution in [2.45, 2.75) is 123 Å². The highest BCUT2D eigenvalue weighted by Crippen LogP contribution is 2.68. The lowest BCUT2D eigenvalue weighted by atomic mass is 9.43. The lowest BCUT2D eigenvalue weighted by molar-refractivity contribution is -0.212. The summed E-state index contributed by atoms with van der Waals surface area (Å²) in [6.45, 7) is 11.1. The maximum absolute atomic E-state index is 11.2. The molecule has 31 heavy (non-hydrogen) atoms. The van der Waals surface area contributed by atoms with E-state index in [1.165, 1.54) is 32.1 Å². The standard InChI is InChI=1S/C27H48O4/c1-16(7-6-12-25(2,3)31)18-8-9-19-17-15-22(29)23-24(30)21(28)11-14-27(23,5)20(17)10-13-26(18,19)4/h16-24,28-31H,6-15H2,1-5H3/t16-,17+,18-,19+,20+,21+,22?,23+,24+,26-,27-/m1/s1. The van der Waals surface area contributed by atoms with Gasteiger partial charge in [0.2, 0.25) is 0 Å². The second kappa shape index (κ2) is 8.25. The van der Waals surface area contributed by atoms with Crippen LogP contribution in [0.2, 0.25) is 0 Å². The summed E-state index contributed by atoms with van der Waals surface area (Å²) in [5.41, 5.74) is -0.272. The fraction of sp³-hybridized carbons (Fsp3) is 1.00. The number of aliphatic hydroxyl groups is 4. The summed E-state index contributed by atoms with van der Waals surface area (Å²) in [6.07, 6.45) is 8.61. The van der Waals surface area contributed by atoms with E-state index in [0.29, 0.717) is 35.5 Å². The molecule has 0 aromatic heterocycles. The Kier molecular flexibility index (Phi) is 6.38. The largest absolute Gasteiger partial charge is 0.393 e. The fourth-order valence-electron chi connectivity index (χ4n) is 9.42. The predicted octanol–water partition coefficient (Wildman–Crippen LogP) is 4.53. The number of fused-ring (bicyclic) bond motifs is 5. The van der Waals surface area contributed by atoms with Crippen LogP contribution in [0.1, 0.15) is 98.8 Å². The molecule has 0 aromatic rings. The normalized spacial score (nSPS) is 51.0. The molecule has 0 saturated heterocycles. The van der Waals surface area contributed by atoms with E-state index >= 15 is 0 Å². The van der Waals surface area contributed by atoms with Gasteiger partial charge in [0.15, 0.2) is 0 Å². The smallest absolute Gasteiger partial charge is 0.0857 e. The van der Waals surface area contributed by atoms with E-state index in [1.807, 2.05) is 13.8 Å². The Morgan fingerprint density at radius 1 is 0.903 bits per heavy atom. The van der Waals surface area contributed by atoms with Gasteiger partial charge >= 0.3 is 0 Å². The summed E-state index contributed by atoms with van der Waals surface area (Å²) in [6, 6.07) is 0. The van der Waals surface area contributed by atoms with Gasteiger partial charge in [0.05, 0.1) is 23.9 Å². The number of rotatable bonds is 5. The third-order valence-electron chi connectivity index (χ3n) is 10.9. The molecule has 4 nitrogen and oxygen atoms in total. The van der Waals surface area contributed by atoms with Crippen LogP contribution < -0.4 is 0 Å². The van der Waals surface area contributed by atoms with E-state index in [4.69, 9.17) is 0 Å². The minimum Gasteiger partial charge on any atom is -0.393 e. The SMILES string of the molecule is C[C@H](CCCC(C)(C)O)[C@H]1CC[C@H]2[C@@H]3CC(O)[C@H]4[C@@H](O)[C@@H](O)CC[C@]4(C)[C@H]3CC[C@]12C. The van der Waals surface area contributed by atoms with Crippen LogP contribution in [0.3, 0.4) is 0 Å². The third-order valence-corrected chi connectivity index (χ3v) is 10.9. The van der Waals surface area contributed by atoms with Crippen LogP contribution in [-0.2, 0) is 0 Å². The van der Waals surface area contributed by atoms with Gasteiger partial charge in [0.1, 0.15) is 0 Å². The molecule has 4 saturated carbocycles. The molecule has 0 amide bonds. The molecule has 180 valence electrons. The first-order valence-corrected chi connectivity index (χ1v) is 13.1. The summed E-state index contributed by atoms with van der Waals surface area (Å²) < 4.78 is 0. The second-order valence-electron chi connectivity index (χ2n) is 13.2. The van der Waals surface area contributed by atoms with Crippen molar-refractivity contribution in [3.8, 4) is 0 Å². The molecule has 4 aliphatic carbocycles. The first-order chi connectivity index (χ1) is 14.4. The highest BCUT2D eigenvalue weighted by molar-refractivity contribution is 5.13. The molecule has 4 aliphatic rings. The maximum Gasteiger partial charge on any atom is 0.0857 e. The van der Waals surface area contributed by atoms with Crippen molar-refractivity contribution in [2.24, 2.45) is 46.3 Å². The van der Waals surface area contributed by atoms with Crippen LogP contribution in [0, 0.1) is 46.3 Å². The van der Waals surface area contributed by atoms with Crippen molar-refractivity contribution in [1.29, 1.82) is 0 Å². The van der Waals surface area contributed by atoms with Crippen LogP contribution >= 0.6 is 0 Å². The van der Waals surface area contributed by atoms with E-state index in [-0.39, 0.29) is 11.3 Å². The molecule has 0 spiro atoms. The van der Waals surface area contributed by atoms with Gasteiger partial charge in [-0.1, -0.05) is 33.6 Å². The van der Waals surface area contributed by atoms with E-state index in [9.17, 15) is 20.4 Å². The molecule has 0 aliphatic heterocycles. The van der Waals surface area contributed by atoms with Gasteiger partial charge in [-0.25, -0.2) is 0 Å². The number of aliphatic hydroxyl groups excluding tert-OH is 3. The minimum absolute atomic E-state index is 0.0568. The van der Waals surface area contributed by atoms with E-state index in [1.54, 1.807) is 0 Å². The Bertz CT molecular complexity index is 644. The van der Waals surface area contributed by atoms with Crippen molar-refractivity contribution >= 4 is 0 Å². The number of hydrogen-bond donors (Lipinski definition) is 4. The zero-order valence-corrected chi connectivity index (χ0v) is 20.6. The Hall–Kier alpha value is -0.160. The fourth-order valence-corrected chi connectivity index (χ4v) is 9.42. The third kappa shape index (κ3) is 4.02. The summed E-state index contributed by atoms with van der Waals surface area (Å²) in [5.74, 6) is 3.01. The highest BCUT2D eigenvalue weighted by atomic mass is 16.3. The van der Waals surface area contributed by atoms with Crippen LogP contribution in [0.5, 0.6) is 0 Å². The first-order valence-electron chi connectivity index (χ1n) is 13.1. The first kappa shape index (κ1) is 24.0. The van der Waals surface area contributed by atoms with Crippen LogP contribution in [0.15, 0.2) is 0 Å². The molecular formula is C27H48O4. The monoisotopic (exact) mass is 436 g/mol. The Balaban J connectivity index is 1.50. The van der Waals surface area contributed by atoms with Crippen molar-refractivity contribution in [2.75, 3.05) is 0 Å². The maximum atomic E-state index is 11.2. The Morgan fingerprint density at radius 3 is 2.23 bits per heavy atom. The van der Waals surface area contributed by atoms with Gasteiger partial charge in [0.25, 0.3) is 0 Å². The minimum atomic E-state index is -0.782. The van der Waals surface area contributed by atoms with Gasteiger partial charge in [-0.05, 0) is 106 Å². The van der Waals surface area contributed by atoms with Crippen LogP contribution in [0.4, 0.5) is 0 Å². The average molecular weight is 437 g/mol. The average Bonchev–Trinajstić information content (AvgIpc) is 3.01.